The summed E-state index contributed by atoms with van der Waals surface area (Å²) in [5.41, 5.74) is 2.33. The van der Waals surface area contributed by atoms with Crippen molar-refractivity contribution in [3.63, 3.8) is 0 Å². The second-order valence-electron chi connectivity index (χ2n) is 6.32. The quantitative estimate of drug-likeness (QED) is 0.464. The Kier molecular flexibility index (Phi) is 7.87. The maximum Gasteiger partial charge on any atom is 0.230 e. The van der Waals surface area contributed by atoms with Crippen LogP contribution in [0.25, 0.3) is 0 Å². The van der Waals surface area contributed by atoms with Gasteiger partial charge in [0.15, 0.2) is 4.34 Å². The van der Waals surface area contributed by atoms with Gasteiger partial charge in [-0.15, -0.1) is 10.2 Å². The smallest absolute Gasteiger partial charge is 0.230 e. The molecule has 28 heavy (non-hydrogen) atoms. The largest absolute Gasteiger partial charge is 0.356 e. The summed E-state index contributed by atoms with van der Waals surface area (Å²) in [7, 11) is 0. The fraction of sp³-hybridized carbons (Fsp3) is 0.286. The Hall–Kier alpha value is -2.38. The molecule has 0 unspecified atom stereocenters. The van der Waals surface area contributed by atoms with Crippen molar-refractivity contribution in [2.24, 2.45) is 0 Å². The van der Waals surface area contributed by atoms with E-state index in [1.807, 2.05) is 36.4 Å². The lowest BCUT2D eigenvalue weighted by Gasteiger charge is -2.18. The minimum Gasteiger partial charge on any atom is -0.356 e. The molecule has 0 spiro atoms. The van der Waals surface area contributed by atoms with Gasteiger partial charge in [0.25, 0.3) is 0 Å². The normalized spacial score (nSPS) is 11.8. The molecule has 2 N–H and O–H groups in total. The van der Waals surface area contributed by atoms with Gasteiger partial charge >= 0.3 is 0 Å². The molecular weight excluding hydrogens is 388 g/mol. The number of anilines is 1. The maximum atomic E-state index is 12.4. The van der Waals surface area contributed by atoms with Gasteiger partial charge in [-0.1, -0.05) is 97.1 Å². The molecule has 7 heteroatoms. The number of nitrogens with one attached hydrogen (secondary N) is 2. The van der Waals surface area contributed by atoms with Crippen molar-refractivity contribution in [1.82, 2.24) is 15.5 Å². The minimum atomic E-state index is 0.0151. The Bertz CT molecular complexity index is 855. The molecule has 0 aliphatic rings. The fourth-order valence-electron chi connectivity index (χ4n) is 2.77. The van der Waals surface area contributed by atoms with E-state index in [2.05, 4.69) is 52.0 Å². The summed E-state index contributed by atoms with van der Waals surface area (Å²) in [5.74, 6) is 0.349. The van der Waals surface area contributed by atoms with Crippen LogP contribution in [0.1, 0.15) is 36.9 Å². The molecule has 146 valence electrons. The van der Waals surface area contributed by atoms with Crippen LogP contribution in [0.15, 0.2) is 65.0 Å². The van der Waals surface area contributed by atoms with Gasteiger partial charge < -0.3 is 10.6 Å². The molecule has 0 bridgehead atoms. The van der Waals surface area contributed by atoms with Crippen LogP contribution < -0.4 is 10.6 Å². The molecule has 1 aromatic heterocycles. The second-order valence-corrected chi connectivity index (χ2v) is 8.52. The molecular formula is C21H24N4OS2. The third-order valence-corrected chi connectivity index (χ3v) is 6.15. The molecule has 0 saturated heterocycles. The van der Waals surface area contributed by atoms with Crippen molar-refractivity contribution in [3.8, 4) is 0 Å². The third kappa shape index (κ3) is 6.35. The van der Waals surface area contributed by atoms with Crippen LogP contribution in [-0.4, -0.2) is 21.9 Å². The second kappa shape index (κ2) is 10.8. The van der Waals surface area contributed by atoms with E-state index in [4.69, 9.17) is 0 Å². The van der Waals surface area contributed by atoms with E-state index in [0.29, 0.717) is 12.3 Å². The predicted octanol–water partition coefficient (Wildman–Crippen LogP) is 4.90. The van der Waals surface area contributed by atoms with Crippen LogP contribution in [0.5, 0.6) is 0 Å². The molecule has 3 aromatic rings. The summed E-state index contributed by atoms with van der Waals surface area (Å²) in [5, 5.41) is 15.5. The zero-order valence-electron chi connectivity index (χ0n) is 15.8. The monoisotopic (exact) mass is 412 g/mol. The standard InChI is InChI=1S/C21H24N4OS2/c1-2-9-18(17-12-7-4-8-13-17)23-19(26)15-27-21-25-24-20(28-21)22-14-16-10-5-3-6-11-16/h3-8,10-13,18H,2,9,14-15H2,1H3,(H,22,24)(H,23,26)/t18-/m0/s1. The summed E-state index contributed by atoms with van der Waals surface area (Å²) in [6.07, 6.45) is 1.94. The van der Waals surface area contributed by atoms with Crippen molar-refractivity contribution in [2.45, 2.75) is 36.7 Å². The van der Waals surface area contributed by atoms with Crippen LogP contribution in [0.3, 0.4) is 0 Å². The summed E-state index contributed by atoms with van der Waals surface area (Å²) >= 11 is 2.89. The number of hydrogen-bond donors (Lipinski definition) is 2. The molecule has 0 fully saturated rings. The van der Waals surface area contributed by atoms with E-state index in [1.54, 1.807) is 0 Å². The first kappa shape index (κ1) is 20.4. The van der Waals surface area contributed by atoms with Gasteiger partial charge in [-0.2, -0.15) is 0 Å². The van der Waals surface area contributed by atoms with Gasteiger partial charge in [0.05, 0.1) is 11.8 Å². The highest BCUT2D eigenvalue weighted by Crippen LogP contribution is 2.26. The van der Waals surface area contributed by atoms with Crippen LogP contribution in [0, 0.1) is 0 Å². The number of benzene rings is 2. The van der Waals surface area contributed by atoms with Crippen LogP contribution in [0.4, 0.5) is 5.13 Å². The first-order valence-corrected chi connectivity index (χ1v) is 11.1. The molecule has 0 aliphatic carbocycles. The summed E-state index contributed by atoms with van der Waals surface area (Å²) < 4.78 is 0.789. The van der Waals surface area contributed by atoms with Crippen LogP contribution in [-0.2, 0) is 11.3 Å². The Balaban J connectivity index is 1.47. The van der Waals surface area contributed by atoms with Crippen LogP contribution >= 0.6 is 23.1 Å². The summed E-state index contributed by atoms with van der Waals surface area (Å²) in [6, 6.07) is 20.3. The average Bonchev–Trinajstić information content (AvgIpc) is 3.20. The molecule has 0 aliphatic heterocycles. The Labute approximate surface area is 174 Å². The summed E-state index contributed by atoms with van der Waals surface area (Å²) in [6.45, 7) is 2.83. The van der Waals surface area contributed by atoms with Gasteiger partial charge in [-0.25, -0.2) is 0 Å². The number of carbonyl (C=O) groups excluding carboxylic acids is 1. The minimum absolute atomic E-state index is 0.0151. The third-order valence-electron chi connectivity index (χ3n) is 4.13. The van der Waals surface area contributed by atoms with E-state index in [1.165, 1.54) is 28.7 Å². The number of amides is 1. The van der Waals surface area contributed by atoms with Crippen LogP contribution in [0.2, 0.25) is 0 Å². The van der Waals surface area contributed by atoms with Gasteiger partial charge in [-0.3, -0.25) is 4.79 Å². The average molecular weight is 413 g/mol. The molecule has 1 amide bonds. The van der Waals surface area contributed by atoms with Gasteiger partial charge in [0, 0.05) is 6.54 Å². The fourth-order valence-corrected chi connectivity index (χ4v) is 4.33. The molecule has 1 atom stereocenters. The molecule has 3 rings (SSSR count). The maximum absolute atomic E-state index is 12.4. The number of hydrogen-bond acceptors (Lipinski definition) is 6. The Morgan fingerprint density at radius 1 is 1.07 bits per heavy atom. The van der Waals surface area contributed by atoms with E-state index < -0.39 is 0 Å². The van der Waals surface area contributed by atoms with Gasteiger partial charge in [-0.05, 0) is 17.5 Å². The highest BCUT2D eigenvalue weighted by atomic mass is 32.2. The number of carbonyl (C=O) groups is 1. The SMILES string of the molecule is CCC[C@H](NC(=O)CSc1nnc(NCc2ccccc2)s1)c1ccccc1. The molecule has 0 saturated carbocycles. The zero-order chi connectivity index (χ0) is 19.6. The number of thioether (sulfide) groups is 1. The van der Waals surface area contributed by atoms with Crippen molar-refractivity contribution in [2.75, 3.05) is 11.1 Å². The van der Waals surface area contributed by atoms with Gasteiger partial charge in [0.2, 0.25) is 11.0 Å². The highest BCUT2D eigenvalue weighted by molar-refractivity contribution is 8.01. The van der Waals surface area contributed by atoms with E-state index in [9.17, 15) is 4.79 Å². The molecule has 1 heterocycles. The highest BCUT2D eigenvalue weighted by Gasteiger charge is 2.14. The Morgan fingerprint density at radius 3 is 2.50 bits per heavy atom. The van der Waals surface area contributed by atoms with Gasteiger partial charge in [0.1, 0.15) is 0 Å². The molecule has 2 aromatic carbocycles. The molecule has 5 nitrogen and oxygen atoms in total. The topological polar surface area (TPSA) is 66.9 Å². The van der Waals surface area contributed by atoms with E-state index in [-0.39, 0.29) is 11.9 Å². The lowest BCUT2D eigenvalue weighted by Crippen LogP contribution is -2.29. The van der Waals surface area contributed by atoms with Crippen molar-refractivity contribution < 1.29 is 4.79 Å². The predicted molar refractivity (Wildman–Crippen MR) is 117 cm³/mol. The van der Waals surface area contributed by atoms with Crippen molar-refractivity contribution in [1.29, 1.82) is 0 Å². The zero-order valence-corrected chi connectivity index (χ0v) is 17.4. The Morgan fingerprint density at radius 2 is 1.79 bits per heavy atom. The number of aromatic nitrogens is 2. The van der Waals surface area contributed by atoms with Crippen molar-refractivity contribution >= 4 is 34.1 Å². The first-order chi connectivity index (χ1) is 13.7. The number of rotatable bonds is 10. The number of nitrogens with zero attached hydrogens (tertiary/aromatic N) is 2. The van der Waals surface area contributed by atoms with E-state index >= 15 is 0 Å². The molecule has 0 radical (unpaired) electrons. The lowest BCUT2D eigenvalue weighted by atomic mass is 10.0. The summed E-state index contributed by atoms with van der Waals surface area (Å²) in [4.78, 5) is 12.4. The first-order valence-electron chi connectivity index (χ1n) is 9.33. The lowest BCUT2D eigenvalue weighted by molar-refractivity contribution is -0.119. The van der Waals surface area contributed by atoms with E-state index in [0.717, 1.165) is 27.9 Å². The van der Waals surface area contributed by atoms with Crippen molar-refractivity contribution in [3.05, 3.63) is 71.8 Å².